The van der Waals surface area contributed by atoms with Gasteiger partial charge in [0.1, 0.15) is 0 Å². The standard InChI is InChI=1S/C16H14BrNO2/c1-20-15(11-12-7-9-13(17)10-8-12)16(19)18-14-5-3-2-4-6-14/h2-11H,1H3,(H,18,19)/b15-11-. The summed E-state index contributed by atoms with van der Waals surface area (Å²) in [4.78, 5) is 12.1. The second kappa shape index (κ2) is 6.91. The van der Waals surface area contributed by atoms with E-state index in [0.29, 0.717) is 0 Å². The molecule has 20 heavy (non-hydrogen) atoms. The summed E-state index contributed by atoms with van der Waals surface area (Å²) in [6.07, 6.45) is 1.70. The average Bonchev–Trinajstić information content (AvgIpc) is 2.47. The van der Waals surface area contributed by atoms with Crippen molar-refractivity contribution in [2.24, 2.45) is 0 Å². The van der Waals surface area contributed by atoms with Crippen molar-refractivity contribution in [1.82, 2.24) is 0 Å². The number of nitrogens with one attached hydrogen (secondary N) is 1. The zero-order valence-electron chi connectivity index (χ0n) is 11.0. The molecule has 4 heteroatoms. The summed E-state index contributed by atoms with van der Waals surface area (Å²) in [7, 11) is 1.48. The van der Waals surface area contributed by atoms with E-state index in [0.717, 1.165) is 15.7 Å². The summed E-state index contributed by atoms with van der Waals surface area (Å²) >= 11 is 3.37. The molecule has 0 aliphatic rings. The van der Waals surface area contributed by atoms with E-state index in [-0.39, 0.29) is 11.7 Å². The predicted octanol–water partition coefficient (Wildman–Crippen LogP) is 4.08. The van der Waals surface area contributed by atoms with Gasteiger partial charge in [0.15, 0.2) is 5.76 Å². The van der Waals surface area contributed by atoms with Gasteiger partial charge in [0.25, 0.3) is 5.91 Å². The van der Waals surface area contributed by atoms with E-state index in [9.17, 15) is 4.79 Å². The Labute approximate surface area is 126 Å². The lowest BCUT2D eigenvalue weighted by Gasteiger charge is -2.08. The highest BCUT2D eigenvalue weighted by atomic mass is 79.9. The molecule has 1 amide bonds. The van der Waals surface area contributed by atoms with Crippen LogP contribution in [0.3, 0.4) is 0 Å². The minimum atomic E-state index is -0.276. The number of hydrogen-bond donors (Lipinski definition) is 1. The minimum Gasteiger partial charge on any atom is -0.491 e. The molecule has 3 nitrogen and oxygen atoms in total. The SMILES string of the molecule is CO/C(=C\c1ccc(Br)cc1)C(=O)Nc1ccccc1. The van der Waals surface area contributed by atoms with E-state index in [1.54, 1.807) is 6.08 Å². The first-order valence-electron chi connectivity index (χ1n) is 6.06. The van der Waals surface area contributed by atoms with Gasteiger partial charge in [-0.3, -0.25) is 4.79 Å². The average molecular weight is 332 g/mol. The molecule has 0 aliphatic heterocycles. The van der Waals surface area contributed by atoms with Crippen molar-refractivity contribution in [1.29, 1.82) is 0 Å². The highest BCUT2D eigenvalue weighted by molar-refractivity contribution is 9.10. The second-order valence-corrected chi connectivity index (χ2v) is 5.00. The van der Waals surface area contributed by atoms with Crippen LogP contribution in [0.15, 0.2) is 64.8 Å². The number of para-hydroxylation sites is 1. The Balaban J connectivity index is 2.15. The maximum absolute atomic E-state index is 12.1. The van der Waals surface area contributed by atoms with Gasteiger partial charge in [0.05, 0.1) is 7.11 Å². The molecule has 0 radical (unpaired) electrons. The summed E-state index contributed by atoms with van der Waals surface area (Å²) < 4.78 is 6.14. The third-order valence-electron chi connectivity index (χ3n) is 2.64. The minimum absolute atomic E-state index is 0.260. The first kappa shape index (κ1) is 14.3. The van der Waals surface area contributed by atoms with Crippen molar-refractivity contribution < 1.29 is 9.53 Å². The topological polar surface area (TPSA) is 38.3 Å². The molecule has 0 saturated carbocycles. The van der Waals surface area contributed by atoms with Crippen molar-refractivity contribution >= 4 is 33.6 Å². The number of amides is 1. The zero-order chi connectivity index (χ0) is 14.4. The highest BCUT2D eigenvalue weighted by Gasteiger charge is 2.09. The number of benzene rings is 2. The molecule has 0 heterocycles. The van der Waals surface area contributed by atoms with Crippen LogP contribution < -0.4 is 5.32 Å². The van der Waals surface area contributed by atoms with E-state index in [1.165, 1.54) is 7.11 Å². The molecule has 0 fully saturated rings. The molecule has 1 N–H and O–H groups in total. The Morgan fingerprint density at radius 3 is 2.35 bits per heavy atom. The van der Waals surface area contributed by atoms with Crippen LogP contribution >= 0.6 is 15.9 Å². The third kappa shape index (κ3) is 3.96. The zero-order valence-corrected chi connectivity index (χ0v) is 12.6. The number of methoxy groups -OCH3 is 1. The molecule has 2 rings (SSSR count). The van der Waals surface area contributed by atoms with E-state index in [2.05, 4.69) is 21.2 Å². The van der Waals surface area contributed by atoms with Crippen LogP contribution in [0.5, 0.6) is 0 Å². The van der Waals surface area contributed by atoms with Crippen LogP contribution in [0.2, 0.25) is 0 Å². The van der Waals surface area contributed by atoms with Gasteiger partial charge in [0.2, 0.25) is 0 Å². The smallest absolute Gasteiger partial charge is 0.290 e. The number of carbonyl (C=O) groups is 1. The fraction of sp³-hybridized carbons (Fsp3) is 0.0625. The summed E-state index contributed by atoms with van der Waals surface area (Å²) in [6.45, 7) is 0. The Kier molecular flexibility index (Phi) is 4.96. The van der Waals surface area contributed by atoms with Crippen molar-refractivity contribution in [3.8, 4) is 0 Å². The number of anilines is 1. The van der Waals surface area contributed by atoms with Gasteiger partial charge in [-0.1, -0.05) is 46.3 Å². The number of rotatable bonds is 4. The van der Waals surface area contributed by atoms with Gasteiger partial charge in [-0.05, 0) is 35.9 Å². The fourth-order valence-electron chi connectivity index (χ4n) is 1.64. The van der Waals surface area contributed by atoms with Gasteiger partial charge in [-0.2, -0.15) is 0 Å². The van der Waals surface area contributed by atoms with E-state index < -0.39 is 0 Å². The van der Waals surface area contributed by atoms with Gasteiger partial charge < -0.3 is 10.1 Å². The summed E-state index contributed by atoms with van der Waals surface area (Å²) in [5.74, 6) is -0.0159. The van der Waals surface area contributed by atoms with Crippen molar-refractivity contribution in [3.05, 3.63) is 70.4 Å². The molecule has 0 saturated heterocycles. The first-order valence-corrected chi connectivity index (χ1v) is 6.86. The maximum atomic E-state index is 12.1. The molecule has 2 aromatic carbocycles. The van der Waals surface area contributed by atoms with Crippen LogP contribution in [0.25, 0.3) is 6.08 Å². The van der Waals surface area contributed by atoms with Crippen LogP contribution in [-0.4, -0.2) is 13.0 Å². The molecule has 0 bridgehead atoms. The van der Waals surface area contributed by atoms with Crippen molar-refractivity contribution in [2.45, 2.75) is 0 Å². The molecule has 0 atom stereocenters. The van der Waals surface area contributed by atoms with Crippen LogP contribution in [-0.2, 0) is 9.53 Å². The maximum Gasteiger partial charge on any atom is 0.290 e. The Morgan fingerprint density at radius 1 is 1.10 bits per heavy atom. The van der Waals surface area contributed by atoms with Gasteiger partial charge in [0, 0.05) is 10.2 Å². The largest absolute Gasteiger partial charge is 0.491 e. The number of hydrogen-bond acceptors (Lipinski definition) is 2. The normalized spacial score (nSPS) is 11.0. The lowest BCUT2D eigenvalue weighted by atomic mass is 10.2. The number of halogens is 1. The summed E-state index contributed by atoms with van der Waals surface area (Å²) in [5, 5.41) is 2.78. The van der Waals surface area contributed by atoms with Gasteiger partial charge in [-0.15, -0.1) is 0 Å². The monoisotopic (exact) mass is 331 g/mol. The Bertz CT molecular complexity index is 606. The second-order valence-electron chi connectivity index (χ2n) is 4.08. The quantitative estimate of drug-likeness (QED) is 0.677. The molecule has 2 aromatic rings. The molecular formula is C16H14BrNO2. The first-order chi connectivity index (χ1) is 9.69. The van der Waals surface area contributed by atoms with Crippen LogP contribution in [0.4, 0.5) is 5.69 Å². The molecule has 0 spiro atoms. The molecule has 0 aliphatic carbocycles. The van der Waals surface area contributed by atoms with Gasteiger partial charge in [-0.25, -0.2) is 0 Å². The summed E-state index contributed by atoms with van der Waals surface area (Å²) in [6, 6.07) is 16.9. The third-order valence-corrected chi connectivity index (χ3v) is 3.17. The van der Waals surface area contributed by atoms with E-state index in [1.807, 2.05) is 54.6 Å². The van der Waals surface area contributed by atoms with Crippen LogP contribution in [0, 0.1) is 0 Å². The highest BCUT2D eigenvalue weighted by Crippen LogP contribution is 2.15. The summed E-state index contributed by atoms with van der Waals surface area (Å²) in [5.41, 5.74) is 1.63. The van der Waals surface area contributed by atoms with E-state index in [4.69, 9.17) is 4.74 Å². The molecule has 0 unspecified atom stereocenters. The van der Waals surface area contributed by atoms with Crippen molar-refractivity contribution in [3.63, 3.8) is 0 Å². The predicted molar refractivity (Wildman–Crippen MR) is 84.2 cm³/mol. The molecule has 102 valence electrons. The number of ether oxygens (including phenoxy) is 1. The fourth-order valence-corrected chi connectivity index (χ4v) is 1.91. The lowest BCUT2D eigenvalue weighted by Crippen LogP contribution is -2.15. The molecule has 0 aromatic heterocycles. The molecular weight excluding hydrogens is 318 g/mol. The van der Waals surface area contributed by atoms with Gasteiger partial charge >= 0.3 is 0 Å². The van der Waals surface area contributed by atoms with Crippen LogP contribution in [0.1, 0.15) is 5.56 Å². The lowest BCUT2D eigenvalue weighted by molar-refractivity contribution is -0.115. The van der Waals surface area contributed by atoms with E-state index >= 15 is 0 Å². The Hall–Kier alpha value is -2.07. The number of carbonyl (C=O) groups excluding carboxylic acids is 1. The van der Waals surface area contributed by atoms with Crippen molar-refractivity contribution in [2.75, 3.05) is 12.4 Å². The Morgan fingerprint density at radius 2 is 1.75 bits per heavy atom.